The van der Waals surface area contributed by atoms with Crippen LogP contribution >= 0.6 is 0 Å². The van der Waals surface area contributed by atoms with Gasteiger partial charge in [-0.3, -0.25) is 4.18 Å². The van der Waals surface area contributed by atoms with Crippen molar-refractivity contribution in [1.82, 2.24) is 0 Å². The number of halogens is 1. The predicted molar refractivity (Wildman–Crippen MR) is 56.8 cm³/mol. The molecule has 0 saturated heterocycles. The molecule has 0 heterocycles. The van der Waals surface area contributed by atoms with Crippen LogP contribution in [0.15, 0.2) is 24.3 Å². The summed E-state index contributed by atoms with van der Waals surface area (Å²) in [6.45, 7) is 0.989. The fraction of sp³-hybridized carbons (Fsp3) is 0.400. The molecule has 6 heteroatoms. The largest absolute Gasteiger partial charge is 0.383 e. The molecule has 0 bridgehead atoms. The first-order chi connectivity index (χ1) is 7.21. The van der Waals surface area contributed by atoms with E-state index in [1.54, 1.807) is 0 Å². The number of rotatable bonds is 4. The zero-order chi connectivity index (χ0) is 12.4. The molecule has 1 N–H and O–H groups in total. The van der Waals surface area contributed by atoms with Crippen LogP contribution in [0.3, 0.4) is 0 Å². The molecule has 90 valence electrons. The van der Waals surface area contributed by atoms with E-state index in [2.05, 4.69) is 4.18 Å². The van der Waals surface area contributed by atoms with Gasteiger partial charge in [0.15, 0.2) is 0 Å². The molecule has 16 heavy (non-hydrogen) atoms. The number of benzene rings is 1. The molecule has 0 unspecified atom stereocenters. The molecule has 1 aromatic rings. The Morgan fingerprint density at radius 2 is 1.88 bits per heavy atom. The van der Waals surface area contributed by atoms with E-state index in [9.17, 15) is 17.9 Å². The van der Waals surface area contributed by atoms with E-state index in [1.165, 1.54) is 31.2 Å². The average molecular weight is 248 g/mol. The maximum atomic E-state index is 12.6. The highest BCUT2D eigenvalue weighted by Crippen LogP contribution is 2.21. The predicted octanol–water partition coefficient (Wildman–Crippen LogP) is 1.01. The standard InChI is InChI=1S/C10H13FO4S/c1-10(12,7-15-16(2,13)14)8-3-5-9(11)6-4-8/h3-6,12H,7H2,1-2H3/t10-/m1/s1. The van der Waals surface area contributed by atoms with Crippen LogP contribution in [-0.2, 0) is 19.9 Å². The molecule has 0 aromatic heterocycles. The minimum Gasteiger partial charge on any atom is -0.383 e. The van der Waals surface area contributed by atoms with Crippen LogP contribution in [0, 0.1) is 5.82 Å². The third kappa shape index (κ3) is 3.88. The van der Waals surface area contributed by atoms with Gasteiger partial charge in [-0.05, 0) is 24.6 Å². The fourth-order valence-electron chi connectivity index (χ4n) is 1.11. The average Bonchev–Trinajstić information content (AvgIpc) is 2.15. The first-order valence-corrected chi connectivity index (χ1v) is 6.35. The van der Waals surface area contributed by atoms with Gasteiger partial charge in [0.1, 0.15) is 11.4 Å². The Kier molecular flexibility index (Phi) is 3.67. The summed E-state index contributed by atoms with van der Waals surface area (Å²) >= 11 is 0. The third-order valence-electron chi connectivity index (χ3n) is 2.02. The number of hydrogen-bond acceptors (Lipinski definition) is 4. The zero-order valence-corrected chi connectivity index (χ0v) is 9.79. The molecule has 1 aromatic carbocycles. The van der Waals surface area contributed by atoms with Gasteiger partial charge in [0.2, 0.25) is 0 Å². The minimum absolute atomic E-state index is 0.387. The van der Waals surface area contributed by atoms with Gasteiger partial charge >= 0.3 is 0 Å². The highest BCUT2D eigenvalue weighted by Gasteiger charge is 2.25. The summed E-state index contributed by atoms with van der Waals surface area (Å²) in [5.74, 6) is -0.427. The molecule has 0 aliphatic carbocycles. The van der Waals surface area contributed by atoms with Crippen LogP contribution in [-0.4, -0.2) is 26.4 Å². The van der Waals surface area contributed by atoms with E-state index in [4.69, 9.17) is 0 Å². The molecule has 4 nitrogen and oxygen atoms in total. The fourth-order valence-corrected chi connectivity index (χ4v) is 1.56. The van der Waals surface area contributed by atoms with E-state index in [0.29, 0.717) is 5.56 Å². The summed E-state index contributed by atoms with van der Waals surface area (Å²) in [4.78, 5) is 0. The second-order valence-electron chi connectivity index (χ2n) is 3.75. The Balaban J connectivity index is 2.81. The quantitative estimate of drug-likeness (QED) is 0.808. The van der Waals surface area contributed by atoms with Gasteiger partial charge < -0.3 is 5.11 Å². The van der Waals surface area contributed by atoms with Crippen molar-refractivity contribution in [2.45, 2.75) is 12.5 Å². The molecule has 1 rings (SSSR count). The van der Waals surface area contributed by atoms with Gasteiger partial charge in [-0.15, -0.1) is 0 Å². The van der Waals surface area contributed by atoms with Crippen molar-refractivity contribution in [2.75, 3.05) is 12.9 Å². The van der Waals surface area contributed by atoms with Crippen LogP contribution in [0.2, 0.25) is 0 Å². The van der Waals surface area contributed by atoms with E-state index < -0.39 is 28.1 Å². The van der Waals surface area contributed by atoms with E-state index in [1.807, 2.05) is 0 Å². The van der Waals surface area contributed by atoms with Crippen molar-refractivity contribution in [3.63, 3.8) is 0 Å². The van der Waals surface area contributed by atoms with Gasteiger partial charge in [-0.1, -0.05) is 12.1 Å². The van der Waals surface area contributed by atoms with Gasteiger partial charge in [0.25, 0.3) is 10.1 Å². The second kappa shape index (κ2) is 4.48. The van der Waals surface area contributed by atoms with Crippen LogP contribution in [0.5, 0.6) is 0 Å². The molecule has 0 amide bonds. The summed E-state index contributed by atoms with van der Waals surface area (Å²) in [5, 5.41) is 9.93. The van der Waals surface area contributed by atoms with E-state index in [-0.39, 0.29) is 0 Å². The Morgan fingerprint density at radius 1 is 1.38 bits per heavy atom. The molecule has 0 fully saturated rings. The SMILES string of the molecule is C[C@@](O)(COS(C)(=O)=O)c1ccc(F)cc1. The normalized spacial score (nSPS) is 15.8. The first kappa shape index (κ1) is 13.1. The first-order valence-electron chi connectivity index (χ1n) is 4.53. The monoisotopic (exact) mass is 248 g/mol. The number of hydrogen-bond donors (Lipinski definition) is 1. The van der Waals surface area contributed by atoms with Crippen molar-refractivity contribution in [1.29, 1.82) is 0 Å². The molecule has 0 aliphatic rings. The van der Waals surface area contributed by atoms with Gasteiger partial charge in [-0.2, -0.15) is 8.42 Å². The Hall–Kier alpha value is -0.980. The Bertz CT molecular complexity index is 450. The molecule has 0 spiro atoms. The lowest BCUT2D eigenvalue weighted by molar-refractivity contribution is 0.0100. The third-order valence-corrected chi connectivity index (χ3v) is 2.57. The van der Waals surface area contributed by atoms with Crippen LogP contribution < -0.4 is 0 Å². The Labute approximate surface area is 93.8 Å². The number of aliphatic hydroxyl groups is 1. The van der Waals surface area contributed by atoms with E-state index >= 15 is 0 Å². The molecular formula is C10H13FO4S. The minimum atomic E-state index is -3.61. The van der Waals surface area contributed by atoms with Gasteiger partial charge in [-0.25, -0.2) is 4.39 Å². The molecule has 1 atom stereocenters. The summed E-state index contributed by atoms with van der Waals surface area (Å²) < 4.78 is 38.7. The van der Waals surface area contributed by atoms with Crippen molar-refractivity contribution in [2.24, 2.45) is 0 Å². The topological polar surface area (TPSA) is 63.6 Å². The van der Waals surface area contributed by atoms with Gasteiger partial charge in [0, 0.05) is 0 Å². The smallest absolute Gasteiger partial charge is 0.264 e. The summed E-state index contributed by atoms with van der Waals surface area (Å²) in [5.41, 5.74) is -1.09. The van der Waals surface area contributed by atoms with Crippen LogP contribution in [0.4, 0.5) is 4.39 Å². The summed E-state index contributed by atoms with van der Waals surface area (Å²) in [6.07, 6.45) is 0.897. The van der Waals surface area contributed by atoms with Gasteiger partial charge in [0.05, 0.1) is 12.9 Å². The highest BCUT2D eigenvalue weighted by atomic mass is 32.2. The maximum Gasteiger partial charge on any atom is 0.264 e. The lowest BCUT2D eigenvalue weighted by Crippen LogP contribution is -2.29. The lowest BCUT2D eigenvalue weighted by Gasteiger charge is -2.22. The Morgan fingerprint density at radius 3 is 2.31 bits per heavy atom. The summed E-state index contributed by atoms with van der Waals surface area (Å²) in [6, 6.07) is 5.12. The zero-order valence-electron chi connectivity index (χ0n) is 8.97. The molecular weight excluding hydrogens is 235 g/mol. The van der Waals surface area contributed by atoms with Crippen molar-refractivity contribution >= 4 is 10.1 Å². The molecule has 0 saturated carbocycles. The van der Waals surface area contributed by atoms with E-state index in [0.717, 1.165) is 6.26 Å². The second-order valence-corrected chi connectivity index (χ2v) is 5.39. The molecule has 0 aliphatic heterocycles. The van der Waals surface area contributed by atoms with Crippen LogP contribution in [0.25, 0.3) is 0 Å². The van der Waals surface area contributed by atoms with Crippen molar-refractivity contribution in [3.05, 3.63) is 35.6 Å². The summed E-state index contributed by atoms with van der Waals surface area (Å²) in [7, 11) is -3.61. The molecule has 0 radical (unpaired) electrons. The lowest BCUT2D eigenvalue weighted by atomic mass is 9.97. The maximum absolute atomic E-state index is 12.6. The van der Waals surface area contributed by atoms with Crippen LogP contribution in [0.1, 0.15) is 12.5 Å². The van der Waals surface area contributed by atoms with Crippen molar-refractivity contribution < 1.29 is 22.1 Å². The van der Waals surface area contributed by atoms with Crippen molar-refractivity contribution in [3.8, 4) is 0 Å². The highest BCUT2D eigenvalue weighted by molar-refractivity contribution is 7.85.